The van der Waals surface area contributed by atoms with Crippen LogP contribution in [-0.2, 0) is 6.54 Å². The molecule has 2 aromatic carbocycles. The monoisotopic (exact) mass is 407 g/mol. The van der Waals surface area contributed by atoms with Crippen molar-refractivity contribution < 1.29 is 4.79 Å². The summed E-state index contributed by atoms with van der Waals surface area (Å²) < 4.78 is 0. The molecule has 0 unspecified atom stereocenters. The van der Waals surface area contributed by atoms with E-state index in [0.29, 0.717) is 17.8 Å². The van der Waals surface area contributed by atoms with Crippen molar-refractivity contribution >= 4 is 5.91 Å². The predicted octanol–water partition coefficient (Wildman–Crippen LogP) is 5.67. The second kappa shape index (κ2) is 8.92. The van der Waals surface area contributed by atoms with Gasteiger partial charge in [-0.1, -0.05) is 59.2 Å². The first kappa shape index (κ1) is 20.5. The summed E-state index contributed by atoms with van der Waals surface area (Å²) in [6, 6.07) is 20.2. The van der Waals surface area contributed by atoms with Gasteiger partial charge in [-0.2, -0.15) is 0 Å². The van der Waals surface area contributed by atoms with E-state index in [9.17, 15) is 4.79 Å². The van der Waals surface area contributed by atoms with E-state index in [-0.39, 0.29) is 5.91 Å². The predicted molar refractivity (Wildman–Crippen MR) is 125 cm³/mol. The molecule has 4 heteroatoms. The van der Waals surface area contributed by atoms with Crippen LogP contribution in [-0.4, -0.2) is 15.9 Å². The maximum atomic E-state index is 13.2. The third kappa shape index (κ3) is 4.86. The molecule has 0 aliphatic heterocycles. The summed E-state index contributed by atoms with van der Waals surface area (Å²) in [4.78, 5) is 22.1. The van der Waals surface area contributed by atoms with Crippen molar-refractivity contribution in [2.24, 2.45) is 0 Å². The minimum Gasteiger partial charge on any atom is -0.348 e. The van der Waals surface area contributed by atoms with Gasteiger partial charge in [0, 0.05) is 36.3 Å². The number of nitrogens with zero attached hydrogens (tertiary/aromatic N) is 2. The van der Waals surface area contributed by atoms with Gasteiger partial charge < -0.3 is 5.32 Å². The van der Waals surface area contributed by atoms with E-state index >= 15 is 0 Å². The third-order valence-corrected chi connectivity index (χ3v) is 5.16. The maximum absolute atomic E-state index is 13.2. The topological polar surface area (TPSA) is 54.9 Å². The number of carbonyl (C=O) groups is 1. The van der Waals surface area contributed by atoms with Gasteiger partial charge in [0.2, 0.25) is 0 Å². The summed E-state index contributed by atoms with van der Waals surface area (Å²) in [6.07, 6.45) is 5.27. The Balaban J connectivity index is 1.72. The van der Waals surface area contributed by atoms with Gasteiger partial charge in [-0.15, -0.1) is 0 Å². The maximum Gasteiger partial charge on any atom is 0.253 e. The molecule has 0 atom stereocenters. The van der Waals surface area contributed by atoms with E-state index in [1.807, 2.05) is 49.5 Å². The highest BCUT2D eigenvalue weighted by Gasteiger charge is 2.16. The van der Waals surface area contributed by atoms with Gasteiger partial charge in [0.1, 0.15) is 0 Å². The van der Waals surface area contributed by atoms with Crippen molar-refractivity contribution in [3.63, 3.8) is 0 Å². The Labute approximate surface area is 183 Å². The number of hydrogen-bond donors (Lipinski definition) is 1. The number of aromatic nitrogens is 2. The molecule has 0 aliphatic rings. The van der Waals surface area contributed by atoms with Crippen LogP contribution in [0.15, 0.2) is 79.3 Å². The van der Waals surface area contributed by atoms with E-state index in [2.05, 4.69) is 53.4 Å². The average molecular weight is 408 g/mol. The van der Waals surface area contributed by atoms with Crippen LogP contribution >= 0.6 is 0 Å². The summed E-state index contributed by atoms with van der Waals surface area (Å²) in [5.74, 6) is -0.154. The Hall–Kier alpha value is -3.79. The Morgan fingerprint density at radius 1 is 0.806 bits per heavy atom. The molecule has 0 aliphatic carbocycles. The van der Waals surface area contributed by atoms with Crippen LogP contribution in [0.5, 0.6) is 0 Å². The Kier molecular flexibility index (Phi) is 5.89. The first-order valence-corrected chi connectivity index (χ1v) is 10.3. The lowest BCUT2D eigenvalue weighted by molar-refractivity contribution is 0.0951. The highest BCUT2D eigenvalue weighted by atomic mass is 16.1. The zero-order valence-electron chi connectivity index (χ0n) is 18.0. The molecule has 2 heterocycles. The van der Waals surface area contributed by atoms with Crippen molar-refractivity contribution in [2.45, 2.75) is 27.3 Å². The molecule has 0 bridgehead atoms. The van der Waals surface area contributed by atoms with Gasteiger partial charge in [-0.3, -0.25) is 14.8 Å². The van der Waals surface area contributed by atoms with Crippen LogP contribution in [0, 0.1) is 20.8 Å². The number of nitrogens with one attached hydrogen (secondary N) is 1. The fourth-order valence-corrected chi connectivity index (χ4v) is 3.77. The minimum atomic E-state index is -0.154. The SMILES string of the molecule is Cc1cccc(CNC(=O)c2cc(-c3cc(C)cc(C)c3)cnc2-c2cccnc2)c1. The second-order valence-corrected chi connectivity index (χ2v) is 7.91. The molecular formula is C27H25N3O. The number of rotatable bonds is 5. The first-order chi connectivity index (χ1) is 15.0. The normalized spacial score (nSPS) is 10.7. The average Bonchev–Trinajstić information content (AvgIpc) is 2.77. The van der Waals surface area contributed by atoms with E-state index in [4.69, 9.17) is 0 Å². The first-order valence-electron chi connectivity index (χ1n) is 10.3. The molecule has 4 rings (SSSR count). The van der Waals surface area contributed by atoms with Crippen LogP contribution in [0.1, 0.15) is 32.6 Å². The second-order valence-electron chi connectivity index (χ2n) is 7.91. The zero-order chi connectivity index (χ0) is 21.8. The molecule has 0 saturated heterocycles. The van der Waals surface area contributed by atoms with E-state index in [1.54, 1.807) is 12.4 Å². The molecule has 0 spiro atoms. The summed E-state index contributed by atoms with van der Waals surface area (Å²) in [7, 11) is 0. The summed E-state index contributed by atoms with van der Waals surface area (Å²) >= 11 is 0. The van der Waals surface area contributed by atoms with Crippen molar-refractivity contribution in [3.05, 3.63) is 107 Å². The lowest BCUT2D eigenvalue weighted by Gasteiger charge is -2.13. The highest BCUT2D eigenvalue weighted by Crippen LogP contribution is 2.28. The lowest BCUT2D eigenvalue weighted by atomic mass is 9.98. The molecule has 4 aromatic rings. The van der Waals surface area contributed by atoms with E-state index in [0.717, 1.165) is 22.3 Å². The molecule has 0 radical (unpaired) electrons. The van der Waals surface area contributed by atoms with Crippen LogP contribution in [0.2, 0.25) is 0 Å². The number of benzene rings is 2. The molecule has 154 valence electrons. The highest BCUT2D eigenvalue weighted by molar-refractivity contribution is 6.01. The fraction of sp³-hybridized carbons (Fsp3) is 0.148. The number of amides is 1. The molecule has 0 fully saturated rings. The van der Waals surface area contributed by atoms with Crippen LogP contribution in [0.4, 0.5) is 0 Å². The summed E-state index contributed by atoms with van der Waals surface area (Å²) in [5, 5.41) is 3.05. The van der Waals surface area contributed by atoms with Crippen molar-refractivity contribution in [1.29, 1.82) is 0 Å². The largest absolute Gasteiger partial charge is 0.348 e. The number of aryl methyl sites for hydroxylation is 3. The lowest BCUT2D eigenvalue weighted by Crippen LogP contribution is -2.24. The smallest absolute Gasteiger partial charge is 0.253 e. The quantitative estimate of drug-likeness (QED) is 0.464. The van der Waals surface area contributed by atoms with Crippen molar-refractivity contribution in [3.8, 4) is 22.4 Å². The fourth-order valence-electron chi connectivity index (χ4n) is 3.77. The van der Waals surface area contributed by atoms with Gasteiger partial charge in [0.05, 0.1) is 11.3 Å². The molecule has 2 aromatic heterocycles. The number of carbonyl (C=O) groups excluding carboxylic acids is 1. The molecule has 31 heavy (non-hydrogen) atoms. The Morgan fingerprint density at radius 3 is 2.32 bits per heavy atom. The van der Waals surface area contributed by atoms with Gasteiger partial charge in [-0.05, 0) is 50.1 Å². The molecule has 1 N–H and O–H groups in total. The van der Waals surface area contributed by atoms with Crippen molar-refractivity contribution in [2.75, 3.05) is 0 Å². The summed E-state index contributed by atoms with van der Waals surface area (Å²) in [5.41, 5.74) is 8.54. The van der Waals surface area contributed by atoms with Crippen molar-refractivity contribution in [1.82, 2.24) is 15.3 Å². The molecule has 1 amide bonds. The molecular weight excluding hydrogens is 382 g/mol. The molecule has 0 saturated carbocycles. The standard InChI is InChI=1S/C27H25N3O/c1-18-6-4-7-21(11-18)15-30-27(31)25-14-24(23-12-19(2)10-20(3)13-23)17-29-26(25)22-8-5-9-28-16-22/h4-14,16-17H,15H2,1-3H3,(H,30,31). The molecule has 4 nitrogen and oxygen atoms in total. The Bertz CT molecular complexity index is 1210. The van der Waals surface area contributed by atoms with Crippen LogP contribution < -0.4 is 5.32 Å². The van der Waals surface area contributed by atoms with Gasteiger partial charge >= 0.3 is 0 Å². The van der Waals surface area contributed by atoms with Gasteiger partial charge in [-0.25, -0.2) is 0 Å². The Morgan fingerprint density at radius 2 is 1.61 bits per heavy atom. The third-order valence-electron chi connectivity index (χ3n) is 5.16. The van der Waals surface area contributed by atoms with Gasteiger partial charge in [0.25, 0.3) is 5.91 Å². The van der Waals surface area contributed by atoms with E-state index < -0.39 is 0 Å². The van der Waals surface area contributed by atoms with E-state index in [1.165, 1.54) is 16.7 Å². The number of pyridine rings is 2. The zero-order valence-corrected chi connectivity index (χ0v) is 18.0. The van der Waals surface area contributed by atoms with Crippen LogP contribution in [0.25, 0.3) is 22.4 Å². The minimum absolute atomic E-state index is 0.154. The number of hydrogen-bond acceptors (Lipinski definition) is 3. The summed E-state index contributed by atoms with van der Waals surface area (Å²) in [6.45, 7) is 6.65. The van der Waals surface area contributed by atoms with Crippen LogP contribution in [0.3, 0.4) is 0 Å². The van der Waals surface area contributed by atoms with Gasteiger partial charge in [0.15, 0.2) is 0 Å².